The number of alkyl halides is 1. The molecule has 108 valence electrons. The Balaban J connectivity index is 1.87. The third-order valence-electron chi connectivity index (χ3n) is 4.54. The van der Waals surface area contributed by atoms with Crippen molar-refractivity contribution in [2.75, 3.05) is 17.7 Å². The molecule has 1 aliphatic carbocycles. The van der Waals surface area contributed by atoms with Crippen LogP contribution in [0.2, 0.25) is 0 Å². The standard InChI is InChI=1S/C15H20ClN3S/c1-10-11(2)20-14-12(10)13(18-9-19-14)17-8-15(7-16)5-3-4-6-15/h9H,3-8H2,1-2H3,(H,17,18,19). The minimum Gasteiger partial charge on any atom is -0.369 e. The molecule has 1 saturated carbocycles. The van der Waals surface area contributed by atoms with E-state index in [0.29, 0.717) is 0 Å². The van der Waals surface area contributed by atoms with Crippen LogP contribution in [0.15, 0.2) is 6.33 Å². The van der Waals surface area contributed by atoms with E-state index in [1.54, 1.807) is 17.7 Å². The molecule has 0 unspecified atom stereocenters. The van der Waals surface area contributed by atoms with Crippen molar-refractivity contribution in [3.8, 4) is 0 Å². The van der Waals surface area contributed by atoms with E-state index in [0.717, 1.165) is 23.1 Å². The van der Waals surface area contributed by atoms with E-state index < -0.39 is 0 Å². The van der Waals surface area contributed by atoms with Gasteiger partial charge in [0.15, 0.2) is 0 Å². The molecule has 0 aromatic carbocycles. The van der Waals surface area contributed by atoms with Gasteiger partial charge in [-0.3, -0.25) is 0 Å². The van der Waals surface area contributed by atoms with E-state index in [1.807, 2.05) is 0 Å². The number of aromatic nitrogens is 2. The van der Waals surface area contributed by atoms with Crippen molar-refractivity contribution in [1.29, 1.82) is 0 Å². The zero-order valence-corrected chi connectivity index (χ0v) is 13.6. The summed E-state index contributed by atoms with van der Waals surface area (Å²) in [4.78, 5) is 11.2. The van der Waals surface area contributed by atoms with Gasteiger partial charge in [-0.05, 0) is 32.3 Å². The van der Waals surface area contributed by atoms with Crippen LogP contribution in [0.3, 0.4) is 0 Å². The highest BCUT2D eigenvalue weighted by atomic mass is 35.5. The summed E-state index contributed by atoms with van der Waals surface area (Å²) in [6, 6.07) is 0. The predicted molar refractivity (Wildman–Crippen MR) is 87.0 cm³/mol. The minimum atomic E-state index is 0.248. The van der Waals surface area contributed by atoms with Gasteiger partial charge in [0.25, 0.3) is 0 Å². The quantitative estimate of drug-likeness (QED) is 0.844. The van der Waals surface area contributed by atoms with E-state index in [1.165, 1.54) is 41.5 Å². The molecule has 3 nitrogen and oxygen atoms in total. The predicted octanol–water partition coefficient (Wildman–Crippen LogP) is 4.52. The van der Waals surface area contributed by atoms with E-state index in [9.17, 15) is 0 Å². The summed E-state index contributed by atoms with van der Waals surface area (Å²) in [5.74, 6) is 1.70. The van der Waals surface area contributed by atoms with Crippen molar-refractivity contribution in [3.63, 3.8) is 0 Å². The van der Waals surface area contributed by atoms with Gasteiger partial charge in [-0.25, -0.2) is 9.97 Å². The number of hydrogen-bond donors (Lipinski definition) is 1. The molecule has 0 amide bonds. The lowest BCUT2D eigenvalue weighted by molar-refractivity contribution is 0.368. The number of anilines is 1. The lowest BCUT2D eigenvalue weighted by Crippen LogP contribution is -2.28. The van der Waals surface area contributed by atoms with Crippen LogP contribution in [-0.2, 0) is 0 Å². The van der Waals surface area contributed by atoms with Crippen molar-refractivity contribution in [1.82, 2.24) is 9.97 Å². The molecule has 20 heavy (non-hydrogen) atoms. The van der Waals surface area contributed by atoms with Gasteiger partial charge in [0.2, 0.25) is 0 Å². The minimum absolute atomic E-state index is 0.248. The van der Waals surface area contributed by atoms with Crippen LogP contribution >= 0.6 is 22.9 Å². The first-order valence-corrected chi connectivity index (χ1v) is 8.51. The Kier molecular flexibility index (Phi) is 3.87. The maximum Gasteiger partial charge on any atom is 0.138 e. The highest BCUT2D eigenvalue weighted by molar-refractivity contribution is 7.18. The van der Waals surface area contributed by atoms with Crippen LogP contribution in [0.1, 0.15) is 36.1 Å². The number of halogens is 1. The van der Waals surface area contributed by atoms with Crippen LogP contribution in [0.4, 0.5) is 5.82 Å². The Morgan fingerprint density at radius 2 is 2.05 bits per heavy atom. The number of hydrogen-bond acceptors (Lipinski definition) is 4. The van der Waals surface area contributed by atoms with Crippen LogP contribution in [0, 0.1) is 19.3 Å². The second-order valence-electron chi connectivity index (χ2n) is 5.88. The summed E-state index contributed by atoms with van der Waals surface area (Å²) >= 11 is 7.95. The average Bonchev–Trinajstić information content (AvgIpc) is 3.04. The van der Waals surface area contributed by atoms with Gasteiger partial charge in [0.05, 0.1) is 5.39 Å². The number of rotatable bonds is 4. The Bertz CT molecular complexity index is 617. The molecule has 0 aliphatic heterocycles. The van der Waals surface area contributed by atoms with E-state index >= 15 is 0 Å². The van der Waals surface area contributed by atoms with Gasteiger partial charge in [-0.1, -0.05) is 12.8 Å². The van der Waals surface area contributed by atoms with Crippen molar-refractivity contribution in [2.24, 2.45) is 5.41 Å². The molecule has 0 atom stereocenters. The number of nitrogens with zero attached hydrogens (tertiary/aromatic N) is 2. The smallest absolute Gasteiger partial charge is 0.138 e. The van der Waals surface area contributed by atoms with Gasteiger partial charge in [-0.15, -0.1) is 22.9 Å². The lowest BCUT2D eigenvalue weighted by Gasteiger charge is -2.26. The SMILES string of the molecule is Cc1sc2ncnc(NCC3(CCl)CCCC3)c2c1C. The highest BCUT2D eigenvalue weighted by Crippen LogP contribution is 2.40. The lowest BCUT2D eigenvalue weighted by atomic mass is 9.88. The molecule has 2 aromatic rings. The van der Waals surface area contributed by atoms with Crippen LogP contribution in [0.25, 0.3) is 10.2 Å². The van der Waals surface area contributed by atoms with Gasteiger partial charge in [0, 0.05) is 22.7 Å². The normalized spacial score (nSPS) is 17.8. The maximum atomic E-state index is 6.21. The summed E-state index contributed by atoms with van der Waals surface area (Å²) in [6.45, 7) is 5.20. The Hall–Kier alpha value is -0.870. The fourth-order valence-electron chi connectivity index (χ4n) is 3.07. The zero-order chi connectivity index (χ0) is 14.2. The summed E-state index contributed by atoms with van der Waals surface area (Å²) in [6.07, 6.45) is 6.69. The molecule has 0 radical (unpaired) electrons. The fraction of sp³-hybridized carbons (Fsp3) is 0.600. The van der Waals surface area contributed by atoms with Crippen molar-refractivity contribution in [3.05, 3.63) is 16.8 Å². The molecule has 5 heteroatoms. The monoisotopic (exact) mass is 309 g/mol. The van der Waals surface area contributed by atoms with E-state index in [-0.39, 0.29) is 5.41 Å². The molecule has 0 saturated heterocycles. The molecule has 3 rings (SSSR count). The van der Waals surface area contributed by atoms with Gasteiger partial charge >= 0.3 is 0 Å². The third-order valence-corrected chi connectivity index (χ3v) is 6.23. The Morgan fingerprint density at radius 3 is 2.75 bits per heavy atom. The molecule has 2 heterocycles. The van der Waals surface area contributed by atoms with E-state index in [4.69, 9.17) is 11.6 Å². The zero-order valence-electron chi connectivity index (χ0n) is 12.0. The molecule has 1 aliphatic rings. The number of fused-ring (bicyclic) bond motifs is 1. The number of aryl methyl sites for hydroxylation is 2. The molecule has 1 fully saturated rings. The van der Waals surface area contributed by atoms with Crippen LogP contribution in [-0.4, -0.2) is 22.4 Å². The molecular formula is C15H20ClN3S. The number of nitrogens with one attached hydrogen (secondary N) is 1. The fourth-order valence-corrected chi connectivity index (χ4v) is 4.43. The molecule has 0 bridgehead atoms. The Morgan fingerprint density at radius 1 is 1.30 bits per heavy atom. The van der Waals surface area contributed by atoms with Crippen LogP contribution < -0.4 is 5.32 Å². The molecular weight excluding hydrogens is 290 g/mol. The number of thiophene rings is 1. The maximum absolute atomic E-state index is 6.21. The molecule has 0 spiro atoms. The highest BCUT2D eigenvalue weighted by Gasteiger charge is 2.33. The summed E-state index contributed by atoms with van der Waals surface area (Å²) in [5, 5.41) is 4.73. The van der Waals surface area contributed by atoms with Crippen molar-refractivity contribution >= 4 is 39.0 Å². The summed E-state index contributed by atoms with van der Waals surface area (Å²) < 4.78 is 0. The summed E-state index contributed by atoms with van der Waals surface area (Å²) in [5.41, 5.74) is 1.54. The van der Waals surface area contributed by atoms with Gasteiger partial charge < -0.3 is 5.32 Å². The first-order valence-electron chi connectivity index (χ1n) is 7.16. The van der Waals surface area contributed by atoms with Crippen molar-refractivity contribution < 1.29 is 0 Å². The van der Waals surface area contributed by atoms with Crippen molar-refractivity contribution in [2.45, 2.75) is 39.5 Å². The first-order chi connectivity index (χ1) is 9.65. The Labute approximate surface area is 128 Å². The molecule has 2 aromatic heterocycles. The van der Waals surface area contributed by atoms with Gasteiger partial charge in [-0.2, -0.15) is 0 Å². The van der Waals surface area contributed by atoms with Crippen LogP contribution in [0.5, 0.6) is 0 Å². The average molecular weight is 310 g/mol. The molecule has 1 N–H and O–H groups in total. The van der Waals surface area contributed by atoms with Gasteiger partial charge in [0.1, 0.15) is 17.0 Å². The largest absolute Gasteiger partial charge is 0.369 e. The second-order valence-corrected chi connectivity index (χ2v) is 7.35. The second kappa shape index (κ2) is 5.49. The first kappa shape index (κ1) is 14.1. The van der Waals surface area contributed by atoms with E-state index in [2.05, 4.69) is 29.1 Å². The summed E-state index contributed by atoms with van der Waals surface area (Å²) in [7, 11) is 0. The third kappa shape index (κ3) is 2.40. The topological polar surface area (TPSA) is 37.8 Å².